The van der Waals surface area contributed by atoms with E-state index in [9.17, 15) is 20.0 Å². The first-order chi connectivity index (χ1) is 9.88. The van der Waals surface area contributed by atoms with Crippen molar-refractivity contribution in [1.82, 2.24) is 4.98 Å². The molecule has 21 heavy (non-hydrogen) atoms. The Kier molecular flexibility index (Phi) is 4.53. The Morgan fingerprint density at radius 1 is 1.57 bits per heavy atom. The summed E-state index contributed by atoms with van der Waals surface area (Å²) in [4.78, 5) is 27.9. The molecule has 0 aliphatic rings. The number of carboxylic acids is 1. The lowest BCUT2D eigenvalue weighted by Crippen LogP contribution is -2.20. The molecule has 2 aromatic heterocycles. The van der Waals surface area contributed by atoms with Gasteiger partial charge in [0.1, 0.15) is 17.6 Å². The van der Waals surface area contributed by atoms with Crippen molar-refractivity contribution in [2.24, 2.45) is 0 Å². The SMILES string of the molecule is CN(Cc1cc(Br)cs1)c1ncc([N+](=O)[O-])cc1C(=O)O. The van der Waals surface area contributed by atoms with E-state index >= 15 is 0 Å². The van der Waals surface area contributed by atoms with E-state index in [1.165, 1.54) is 11.3 Å². The van der Waals surface area contributed by atoms with E-state index in [-0.39, 0.29) is 17.1 Å². The van der Waals surface area contributed by atoms with Crippen molar-refractivity contribution in [2.75, 3.05) is 11.9 Å². The van der Waals surface area contributed by atoms with Crippen LogP contribution in [-0.2, 0) is 6.54 Å². The molecule has 0 saturated heterocycles. The van der Waals surface area contributed by atoms with Gasteiger partial charge in [-0.2, -0.15) is 0 Å². The highest BCUT2D eigenvalue weighted by Crippen LogP contribution is 2.26. The number of pyridine rings is 1. The fraction of sp³-hybridized carbons (Fsp3) is 0.167. The quantitative estimate of drug-likeness (QED) is 0.640. The standard InChI is InChI=1S/C12H10BrN3O4S/c1-15(5-9-2-7(13)6-21-9)11-10(12(17)18)3-8(4-14-11)16(19)20/h2-4,6H,5H2,1H3,(H,17,18). The molecule has 2 rings (SSSR count). The molecule has 0 bridgehead atoms. The fourth-order valence-corrected chi connectivity index (χ4v) is 3.26. The average Bonchev–Trinajstić information content (AvgIpc) is 2.83. The summed E-state index contributed by atoms with van der Waals surface area (Å²) in [5, 5.41) is 21.8. The van der Waals surface area contributed by atoms with Crippen LogP contribution in [-0.4, -0.2) is 28.0 Å². The summed E-state index contributed by atoms with van der Waals surface area (Å²) < 4.78 is 0.950. The molecule has 0 spiro atoms. The predicted molar refractivity (Wildman–Crippen MR) is 82.0 cm³/mol. The van der Waals surface area contributed by atoms with Crippen LogP contribution in [0, 0.1) is 10.1 Å². The van der Waals surface area contributed by atoms with Gasteiger partial charge in [-0.1, -0.05) is 0 Å². The number of nitrogens with zero attached hydrogens (tertiary/aromatic N) is 3. The van der Waals surface area contributed by atoms with Gasteiger partial charge >= 0.3 is 5.97 Å². The zero-order valence-corrected chi connectivity index (χ0v) is 13.2. The van der Waals surface area contributed by atoms with Crippen molar-refractivity contribution < 1.29 is 14.8 Å². The van der Waals surface area contributed by atoms with Crippen molar-refractivity contribution in [1.29, 1.82) is 0 Å². The molecular weight excluding hydrogens is 362 g/mol. The molecule has 0 atom stereocenters. The number of rotatable bonds is 5. The van der Waals surface area contributed by atoms with E-state index in [0.717, 1.165) is 21.6 Å². The van der Waals surface area contributed by atoms with E-state index in [2.05, 4.69) is 20.9 Å². The minimum atomic E-state index is -1.25. The van der Waals surface area contributed by atoms with E-state index < -0.39 is 10.9 Å². The van der Waals surface area contributed by atoms with Crippen LogP contribution in [0.25, 0.3) is 0 Å². The number of aromatic carboxylic acids is 1. The van der Waals surface area contributed by atoms with Gasteiger partial charge in [0.2, 0.25) is 0 Å². The van der Waals surface area contributed by atoms with Crippen molar-refractivity contribution in [2.45, 2.75) is 6.54 Å². The van der Waals surface area contributed by atoms with Crippen LogP contribution in [0.2, 0.25) is 0 Å². The number of hydrogen-bond acceptors (Lipinski definition) is 6. The summed E-state index contributed by atoms with van der Waals surface area (Å²) in [6.45, 7) is 0.460. The molecule has 0 unspecified atom stereocenters. The summed E-state index contributed by atoms with van der Waals surface area (Å²) in [7, 11) is 1.69. The molecule has 110 valence electrons. The minimum Gasteiger partial charge on any atom is -0.478 e. The summed E-state index contributed by atoms with van der Waals surface area (Å²) in [5.41, 5.74) is -0.536. The largest absolute Gasteiger partial charge is 0.478 e. The number of anilines is 1. The first kappa shape index (κ1) is 15.4. The molecule has 2 heterocycles. The molecule has 0 saturated carbocycles. The van der Waals surface area contributed by atoms with Crippen molar-refractivity contribution >= 4 is 44.7 Å². The number of aromatic nitrogens is 1. The zero-order valence-electron chi connectivity index (χ0n) is 10.8. The molecule has 0 aliphatic heterocycles. The zero-order chi connectivity index (χ0) is 15.6. The van der Waals surface area contributed by atoms with Gasteiger partial charge in [0.25, 0.3) is 5.69 Å². The summed E-state index contributed by atoms with van der Waals surface area (Å²) >= 11 is 4.87. The Hall–Kier alpha value is -2.00. The maximum Gasteiger partial charge on any atom is 0.339 e. The number of carboxylic acid groups (broad SMARTS) is 1. The highest BCUT2D eigenvalue weighted by molar-refractivity contribution is 9.10. The van der Waals surface area contributed by atoms with Gasteiger partial charge < -0.3 is 10.0 Å². The van der Waals surface area contributed by atoms with Gasteiger partial charge in [-0.25, -0.2) is 9.78 Å². The van der Waals surface area contributed by atoms with Crippen molar-refractivity contribution in [3.05, 3.63) is 48.7 Å². The first-order valence-electron chi connectivity index (χ1n) is 5.70. The molecule has 2 aromatic rings. The minimum absolute atomic E-state index is 0.192. The monoisotopic (exact) mass is 371 g/mol. The van der Waals surface area contributed by atoms with Crippen LogP contribution < -0.4 is 4.90 Å². The topological polar surface area (TPSA) is 96.6 Å². The molecule has 1 N–H and O–H groups in total. The lowest BCUT2D eigenvalue weighted by atomic mass is 10.2. The third-order valence-electron chi connectivity index (χ3n) is 2.67. The van der Waals surface area contributed by atoms with Gasteiger partial charge in [-0.3, -0.25) is 10.1 Å². The summed E-state index contributed by atoms with van der Waals surface area (Å²) in [6, 6.07) is 2.94. The lowest BCUT2D eigenvalue weighted by Gasteiger charge is -2.18. The fourth-order valence-electron chi connectivity index (χ4n) is 1.75. The van der Waals surface area contributed by atoms with Gasteiger partial charge in [-0.05, 0) is 22.0 Å². The third-order valence-corrected chi connectivity index (χ3v) is 4.35. The van der Waals surface area contributed by atoms with Gasteiger partial charge in [-0.15, -0.1) is 11.3 Å². The van der Waals surface area contributed by atoms with Crippen LogP contribution in [0.3, 0.4) is 0 Å². The summed E-state index contributed by atoms with van der Waals surface area (Å²) in [5.74, 6) is -1.06. The van der Waals surface area contributed by atoms with E-state index in [4.69, 9.17) is 0 Å². The molecule has 9 heteroatoms. The highest BCUT2D eigenvalue weighted by Gasteiger charge is 2.20. The maximum absolute atomic E-state index is 11.3. The second-order valence-electron chi connectivity index (χ2n) is 4.21. The molecule has 0 radical (unpaired) electrons. The number of thiophene rings is 1. The van der Waals surface area contributed by atoms with Crippen LogP contribution >= 0.6 is 27.3 Å². The Morgan fingerprint density at radius 3 is 2.81 bits per heavy atom. The van der Waals surface area contributed by atoms with Crippen LogP contribution in [0.15, 0.2) is 28.2 Å². The second kappa shape index (κ2) is 6.19. The Bertz CT molecular complexity index is 704. The number of nitro groups is 1. The number of halogens is 1. The van der Waals surface area contributed by atoms with E-state index in [1.807, 2.05) is 11.4 Å². The highest BCUT2D eigenvalue weighted by atomic mass is 79.9. The third kappa shape index (κ3) is 3.56. The van der Waals surface area contributed by atoms with Crippen LogP contribution in [0.4, 0.5) is 11.5 Å². The van der Waals surface area contributed by atoms with E-state index in [0.29, 0.717) is 6.54 Å². The smallest absolute Gasteiger partial charge is 0.339 e. The second-order valence-corrected chi connectivity index (χ2v) is 6.13. The van der Waals surface area contributed by atoms with Crippen molar-refractivity contribution in [3.63, 3.8) is 0 Å². The van der Waals surface area contributed by atoms with Gasteiger partial charge in [0.15, 0.2) is 0 Å². The van der Waals surface area contributed by atoms with Crippen molar-refractivity contribution in [3.8, 4) is 0 Å². The van der Waals surface area contributed by atoms with Crippen LogP contribution in [0.1, 0.15) is 15.2 Å². The Morgan fingerprint density at radius 2 is 2.29 bits per heavy atom. The van der Waals surface area contributed by atoms with Gasteiger partial charge in [0.05, 0.1) is 11.5 Å². The Labute approximate surface area is 132 Å². The number of hydrogen-bond donors (Lipinski definition) is 1. The molecule has 0 aliphatic carbocycles. The molecule has 0 amide bonds. The first-order valence-corrected chi connectivity index (χ1v) is 7.37. The van der Waals surface area contributed by atoms with Crippen LogP contribution in [0.5, 0.6) is 0 Å². The summed E-state index contributed by atoms with van der Waals surface area (Å²) in [6.07, 6.45) is 1.06. The average molecular weight is 372 g/mol. The maximum atomic E-state index is 11.3. The molecular formula is C12H10BrN3O4S. The lowest BCUT2D eigenvalue weighted by molar-refractivity contribution is -0.385. The molecule has 7 nitrogen and oxygen atoms in total. The predicted octanol–water partition coefficient (Wildman–Crippen LogP) is 3.15. The number of carbonyl (C=O) groups is 1. The molecule has 0 fully saturated rings. The van der Waals surface area contributed by atoms with Gasteiger partial charge in [0, 0.05) is 27.8 Å². The molecule has 0 aromatic carbocycles. The Balaban J connectivity index is 2.33. The van der Waals surface area contributed by atoms with E-state index in [1.54, 1.807) is 11.9 Å². The normalized spacial score (nSPS) is 10.4.